The van der Waals surface area contributed by atoms with Gasteiger partial charge in [-0.3, -0.25) is 9.52 Å². The molecule has 0 aromatic heterocycles. The van der Waals surface area contributed by atoms with Crippen molar-refractivity contribution in [3.8, 4) is 5.75 Å². The van der Waals surface area contributed by atoms with Gasteiger partial charge in [0.1, 0.15) is 15.7 Å². The molecule has 6 rings (SSSR count). The number of hydrogen-bond acceptors (Lipinski definition) is 6. The molecule has 2 aliphatic carbocycles. The first-order valence-electron chi connectivity index (χ1n) is 15.9. The van der Waals surface area contributed by atoms with Crippen LogP contribution in [0.3, 0.4) is 0 Å². The third-order valence-corrected chi connectivity index (χ3v) is 11.9. The van der Waals surface area contributed by atoms with Crippen LogP contribution in [-0.2, 0) is 26.5 Å². The summed E-state index contributed by atoms with van der Waals surface area (Å²) in [5, 5.41) is 0.745. The molecule has 242 valence electrons. The number of carbonyl (C=O) groups is 2. The Morgan fingerprint density at radius 1 is 1.20 bits per heavy atom. The van der Waals surface area contributed by atoms with Crippen LogP contribution in [0.1, 0.15) is 60.0 Å². The van der Waals surface area contributed by atoms with Crippen molar-refractivity contribution in [2.75, 3.05) is 51.6 Å². The van der Waals surface area contributed by atoms with Crippen molar-refractivity contribution in [2.24, 2.45) is 16.2 Å². The molecular formula is C34H43ClN4O5S. The molecule has 11 heteroatoms. The Kier molecular flexibility index (Phi) is 9.19. The second kappa shape index (κ2) is 13.0. The number of aryl methyl sites for hydroxylation is 1. The second-order valence-corrected chi connectivity index (χ2v) is 15.6. The fourth-order valence-electron chi connectivity index (χ4n) is 7.34. The molecule has 0 saturated heterocycles. The molecule has 2 aliphatic heterocycles. The zero-order chi connectivity index (χ0) is 31.8. The summed E-state index contributed by atoms with van der Waals surface area (Å²) in [7, 11) is 1.51. The number of rotatable bonds is 2. The van der Waals surface area contributed by atoms with E-state index in [0.717, 1.165) is 55.9 Å². The van der Waals surface area contributed by atoms with E-state index in [0.29, 0.717) is 42.6 Å². The van der Waals surface area contributed by atoms with Crippen molar-refractivity contribution in [1.29, 1.82) is 0 Å². The minimum atomic E-state index is -3.37. The van der Waals surface area contributed by atoms with Gasteiger partial charge in [0.05, 0.1) is 24.2 Å². The van der Waals surface area contributed by atoms with Crippen LogP contribution in [0, 0.1) is 11.8 Å². The van der Waals surface area contributed by atoms with Crippen molar-refractivity contribution in [2.45, 2.75) is 56.5 Å². The highest BCUT2D eigenvalue weighted by molar-refractivity contribution is 7.92. The molecule has 1 N–H and O–H groups in total. The van der Waals surface area contributed by atoms with Crippen molar-refractivity contribution in [1.82, 2.24) is 9.62 Å². The Labute approximate surface area is 271 Å². The maximum Gasteiger partial charge on any atom is 0.329 e. The third kappa shape index (κ3) is 6.60. The number of carbonyl (C=O) groups excluding carboxylic acids is 2. The van der Waals surface area contributed by atoms with Crippen LogP contribution in [0.25, 0.3) is 0 Å². The number of nitrogens with one attached hydrogen (secondary N) is 1. The Morgan fingerprint density at radius 3 is 2.80 bits per heavy atom. The predicted molar refractivity (Wildman–Crippen MR) is 178 cm³/mol. The van der Waals surface area contributed by atoms with Crippen LogP contribution in [0.4, 0.5) is 10.5 Å². The molecule has 0 radical (unpaired) electrons. The molecule has 1 fully saturated rings. The van der Waals surface area contributed by atoms with Crippen LogP contribution in [0.5, 0.6) is 5.75 Å². The van der Waals surface area contributed by atoms with Gasteiger partial charge in [-0.05, 0) is 98.2 Å². The number of anilines is 1. The van der Waals surface area contributed by atoms with Crippen molar-refractivity contribution in [3.05, 3.63) is 70.3 Å². The van der Waals surface area contributed by atoms with E-state index >= 15 is 0 Å². The zero-order valence-electron chi connectivity index (χ0n) is 26.3. The van der Waals surface area contributed by atoms with Gasteiger partial charge in [0.2, 0.25) is 0 Å². The maximum atomic E-state index is 13.9. The minimum absolute atomic E-state index is 0.0266. The molecule has 2 bridgehead atoms. The number of fused-ring (bicyclic) bond motifs is 4. The van der Waals surface area contributed by atoms with E-state index in [9.17, 15) is 13.8 Å². The Balaban J connectivity index is 1.44. The van der Waals surface area contributed by atoms with Crippen LogP contribution < -0.4 is 14.4 Å². The standard InChI is InChI=1S/C34H43ClN4O5S/c1-38(2)33(41)37-45(42)17-6-4-5-9-30(43-3)27-13-10-25(27)20-39-21-34(16-7-8-23-18-26(35)12-14-28(23)34)22-44-31-15-11-24(19-29(31)39)32(40)36-45/h5,9,11-12,14-15,18-19,25,27,30H,4,6-8,10,13,16-17,20-22H2,1-3H3,(H,36,37,40,41,42)/b9-5+/t25-,27+,30-,34-,45?/m0/s1. The minimum Gasteiger partial charge on any atom is -0.490 e. The summed E-state index contributed by atoms with van der Waals surface area (Å²) in [5.41, 5.74) is 3.46. The lowest BCUT2D eigenvalue weighted by molar-refractivity contribution is 0.0132. The highest BCUT2D eigenvalue weighted by Gasteiger charge is 2.44. The van der Waals surface area contributed by atoms with Crippen LogP contribution in [0.2, 0.25) is 5.02 Å². The molecule has 5 atom stereocenters. The number of hydrogen-bond donors (Lipinski definition) is 1. The molecule has 45 heavy (non-hydrogen) atoms. The maximum absolute atomic E-state index is 13.9. The Hall–Kier alpha value is -3.08. The van der Waals surface area contributed by atoms with Gasteiger partial charge in [0.25, 0.3) is 5.91 Å². The summed E-state index contributed by atoms with van der Waals surface area (Å²) < 4.78 is 33.2. The molecule has 2 heterocycles. The van der Waals surface area contributed by atoms with Crippen LogP contribution in [-0.4, -0.2) is 73.8 Å². The second-order valence-electron chi connectivity index (χ2n) is 13.1. The van der Waals surface area contributed by atoms with E-state index in [2.05, 4.69) is 38.3 Å². The number of nitrogens with zero attached hydrogens (tertiary/aromatic N) is 3. The number of benzene rings is 2. The summed E-state index contributed by atoms with van der Waals surface area (Å²) >= 11 is 6.42. The van der Waals surface area contributed by atoms with E-state index in [4.69, 9.17) is 21.1 Å². The van der Waals surface area contributed by atoms with Gasteiger partial charge in [-0.1, -0.05) is 29.8 Å². The largest absolute Gasteiger partial charge is 0.490 e. The van der Waals surface area contributed by atoms with Gasteiger partial charge in [-0.25, -0.2) is 9.00 Å². The zero-order valence-corrected chi connectivity index (χ0v) is 27.9. The first-order valence-corrected chi connectivity index (χ1v) is 17.9. The molecule has 4 aliphatic rings. The monoisotopic (exact) mass is 654 g/mol. The Morgan fingerprint density at radius 2 is 2.04 bits per heavy atom. The molecule has 2 aromatic carbocycles. The van der Waals surface area contributed by atoms with E-state index in [1.165, 1.54) is 16.0 Å². The molecule has 9 nitrogen and oxygen atoms in total. The molecule has 3 amide bonds. The first-order chi connectivity index (χ1) is 21.6. The smallest absolute Gasteiger partial charge is 0.329 e. The number of halogens is 1. The normalized spacial score (nSPS) is 30.4. The topological polar surface area (TPSA) is 101 Å². The van der Waals surface area contributed by atoms with Gasteiger partial charge < -0.3 is 19.3 Å². The highest BCUT2D eigenvalue weighted by atomic mass is 35.5. The summed E-state index contributed by atoms with van der Waals surface area (Å²) in [6, 6.07) is 11.0. The van der Waals surface area contributed by atoms with Crippen molar-refractivity contribution < 1.29 is 23.3 Å². The predicted octanol–water partition coefficient (Wildman–Crippen LogP) is 6.00. The quantitative estimate of drug-likeness (QED) is 0.399. The lowest BCUT2D eigenvalue weighted by Crippen LogP contribution is -2.49. The lowest BCUT2D eigenvalue weighted by atomic mass is 9.68. The average molecular weight is 655 g/mol. The molecule has 1 saturated carbocycles. The SMILES string of the molecule is CO[C@H]1/C=C/CCCS(=O)(NC(=O)N(C)C)=NC(=O)c2ccc3c(c2)N(C[C@@H]2CC[C@H]21)C[C@@]1(CCCc2cc(Cl)ccc21)CO3. The van der Waals surface area contributed by atoms with E-state index in [1.54, 1.807) is 27.3 Å². The number of methoxy groups -OCH3 is 1. The van der Waals surface area contributed by atoms with Gasteiger partial charge >= 0.3 is 6.03 Å². The van der Waals surface area contributed by atoms with E-state index in [-0.39, 0.29) is 17.3 Å². The first kappa shape index (κ1) is 31.9. The number of allylic oxidation sites excluding steroid dienone is 1. The molecule has 2 aromatic rings. The number of amides is 3. The number of urea groups is 1. The van der Waals surface area contributed by atoms with E-state index in [1.807, 2.05) is 18.2 Å². The van der Waals surface area contributed by atoms with Gasteiger partial charge in [0, 0.05) is 50.3 Å². The van der Waals surface area contributed by atoms with Crippen molar-refractivity contribution in [3.63, 3.8) is 0 Å². The van der Waals surface area contributed by atoms with Crippen molar-refractivity contribution >= 4 is 39.1 Å². The molecule has 1 spiro atoms. The van der Waals surface area contributed by atoms with Gasteiger partial charge in [-0.15, -0.1) is 4.36 Å². The summed E-state index contributed by atoms with van der Waals surface area (Å²) in [5.74, 6) is 0.920. The molecule has 1 unspecified atom stereocenters. The fourth-order valence-corrected chi connectivity index (χ4v) is 9.16. The van der Waals surface area contributed by atoms with Gasteiger partial charge in [0.15, 0.2) is 0 Å². The third-order valence-electron chi connectivity index (χ3n) is 9.91. The van der Waals surface area contributed by atoms with E-state index < -0.39 is 21.9 Å². The lowest BCUT2D eigenvalue weighted by Gasteiger charge is -2.46. The van der Waals surface area contributed by atoms with Gasteiger partial charge in [-0.2, -0.15) is 0 Å². The summed E-state index contributed by atoms with van der Waals surface area (Å²) in [6.07, 6.45) is 10.5. The van der Waals surface area contributed by atoms with Crippen LogP contribution in [0.15, 0.2) is 52.9 Å². The highest BCUT2D eigenvalue weighted by Crippen LogP contribution is 2.47. The average Bonchev–Trinajstić information content (AvgIpc) is 3.14. The summed E-state index contributed by atoms with van der Waals surface area (Å²) in [4.78, 5) is 29.9. The number of ether oxygens (including phenoxy) is 2. The van der Waals surface area contributed by atoms with Crippen LogP contribution >= 0.6 is 11.6 Å². The Bertz CT molecular complexity index is 1620. The molecular weight excluding hydrogens is 612 g/mol. The fraction of sp³-hybridized carbons (Fsp3) is 0.529. The summed E-state index contributed by atoms with van der Waals surface area (Å²) in [6.45, 7) is 2.05.